The highest BCUT2D eigenvalue weighted by atomic mass is 32.2. The number of carbonyl (C=O) groups excluding carboxylic acids is 3. The van der Waals surface area contributed by atoms with Crippen LogP contribution in [0.5, 0.6) is 0 Å². The molecule has 0 spiro atoms. The Morgan fingerprint density at radius 2 is 1.87 bits per heavy atom. The Labute approximate surface area is 175 Å². The van der Waals surface area contributed by atoms with Crippen molar-refractivity contribution in [3.8, 4) is 0 Å². The van der Waals surface area contributed by atoms with E-state index in [0.717, 1.165) is 16.7 Å². The molecule has 2 heterocycles. The summed E-state index contributed by atoms with van der Waals surface area (Å²) in [6, 6.07) is 11.1. The van der Waals surface area contributed by atoms with Gasteiger partial charge in [-0.25, -0.2) is 4.39 Å². The van der Waals surface area contributed by atoms with Crippen LogP contribution in [0.15, 0.2) is 59.8 Å². The molecule has 0 saturated carbocycles. The Morgan fingerprint density at radius 1 is 1.10 bits per heavy atom. The molecule has 30 heavy (non-hydrogen) atoms. The molecule has 7 nitrogen and oxygen atoms in total. The molecule has 1 fully saturated rings. The van der Waals surface area contributed by atoms with Crippen molar-refractivity contribution in [2.24, 2.45) is 0 Å². The molecule has 150 valence electrons. The first-order chi connectivity index (χ1) is 14.5. The van der Waals surface area contributed by atoms with Crippen LogP contribution < -0.4 is 5.32 Å². The van der Waals surface area contributed by atoms with E-state index in [-0.39, 0.29) is 29.3 Å². The molecule has 9 heteroatoms. The maximum atomic E-state index is 13.8. The van der Waals surface area contributed by atoms with Crippen molar-refractivity contribution < 1.29 is 18.8 Å². The number of nitrogens with zero attached hydrogens (tertiary/aromatic N) is 3. The van der Waals surface area contributed by atoms with E-state index >= 15 is 0 Å². The van der Waals surface area contributed by atoms with Gasteiger partial charge in [0.25, 0.3) is 11.1 Å². The minimum absolute atomic E-state index is 0.0659. The summed E-state index contributed by atoms with van der Waals surface area (Å²) >= 11 is 0.727. The van der Waals surface area contributed by atoms with Gasteiger partial charge in [0.1, 0.15) is 5.82 Å². The monoisotopic (exact) mass is 422 g/mol. The molecule has 4 rings (SSSR count). The summed E-state index contributed by atoms with van der Waals surface area (Å²) in [4.78, 5) is 46.4. The third kappa shape index (κ3) is 4.20. The van der Waals surface area contributed by atoms with Gasteiger partial charge in [-0.1, -0.05) is 18.2 Å². The summed E-state index contributed by atoms with van der Waals surface area (Å²) in [5.74, 6) is -1.37. The second-order valence-electron chi connectivity index (χ2n) is 6.41. The highest BCUT2D eigenvalue weighted by Gasteiger charge is 2.35. The molecule has 3 amide bonds. The number of fused-ring (bicyclic) bond motifs is 1. The van der Waals surface area contributed by atoms with E-state index in [1.165, 1.54) is 18.2 Å². The van der Waals surface area contributed by atoms with Gasteiger partial charge in [0.05, 0.1) is 15.9 Å². The number of thioether (sulfide) groups is 1. The van der Waals surface area contributed by atoms with Gasteiger partial charge < -0.3 is 5.32 Å². The smallest absolute Gasteiger partial charge is 0.293 e. The number of halogens is 1. The van der Waals surface area contributed by atoms with Crippen molar-refractivity contribution in [3.63, 3.8) is 0 Å². The Hall–Kier alpha value is -3.59. The average molecular weight is 422 g/mol. The number of aromatic nitrogens is 2. The molecular weight excluding hydrogens is 407 g/mol. The third-order valence-corrected chi connectivity index (χ3v) is 5.29. The highest BCUT2D eigenvalue weighted by Crippen LogP contribution is 2.32. The van der Waals surface area contributed by atoms with Gasteiger partial charge in [-0.05, 0) is 42.1 Å². The number of amides is 3. The van der Waals surface area contributed by atoms with Crippen LogP contribution in [-0.2, 0) is 9.59 Å². The van der Waals surface area contributed by atoms with E-state index in [2.05, 4.69) is 15.3 Å². The van der Waals surface area contributed by atoms with Crippen LogP contribution in [-0.4, -0.2) is 38.5 Å². The lowest BCUT2D eigenvalue weighted by Gasteiger charge is -2.12. The zero-order chi connectivity index (χ0) is 21.1. The van der Waals surface area contributed by atoms with Gasteiger partial charge >= 0.3 is 0 Å². The number of hydrogen-bond acceptors (Lipinski definition) is 6. The van der Waals surface area contributed by atoms with Crippen LogP contribution in [0, 0.1) is 5.82 Å². The van der Waals surface area contributed by atoms with Gasteiger partial charge in [0, 0.05) is 36.6 Å². The first kappa shape index (κ1) is 19.7. The predicted molar refractivity (Wildman–Crippen MR) is 112 cm³/mol. The molecule has 1 aliphatic rings. The summed E-state index contributed by atoms with van der Waals surface area (Å²) in [5, 5.41) is 2.23. The van der Waals surface area contributed by atoms with Crippen molar-refractivity contribution >= 4 is 51.6 Å². The zero-order valence-corrected chi connectivity index (χ0v) is 16.4. The largest absolute Gasteiger partial charge is 0.326 e. The maximum Gasteiger partial charge on any atom is 0.293 e. The van der Waals surface area contributed by atoms with Crippen molar-refractivity contribution in [3.05, 3.63) is 71.1 Å². The lowest BCUT2D eigenvalue weighted by atomic mass is 10.2. The SMILES string of the molecule is O=C(CCN1C(=O)SC(=Cc2ccccc2F)C1=O)Nc1ccc2nccnc2c1. The first-order valence-corrected chi connectivity index (χ1v) is 9.83. The van der Waals surface area contributed by atoms with E-state index in [9.17, 15) is 18.8 Å². The highest BCUT2D eigenvalue weighted by molar-refractivity contribution is 8.18. The van der Waals surface area contributed by atoms with E-state index in [1.807, 2.05) is 0 Å². The molecule has 1 aromatic heterocycles. The molecule has 1 saturated heterocycles. The van der Waals surface area contributed by atoms with Gasteiger partial charge in [-0.3, -0.25) is 29.3 Å². The summed E-state index contributed by atoms with van der Waals surface area (Å²) in [6.45, 7) is -0.0709. The Kier molecular flexibility index (Phi) is 5.53. The molecular formula is C21H15FN4O3S. The van der Waals surface area contributed by atoms with Gasteiger partial charge in [-0.15, -0.1) is 0 Å². The second-order valence-corrected chi connectivity index (χ2v) is 7.41. The van der Waals surface area contributed by atoms with Gasteiger partial charge in [0.2, 0.25) is 5.91 Å². The van der Waals surface area contributed by atoms with Gasteiger partial charge in [-0.2, -0.15) is 0 Å². The fourth-order valence-corrected chi connectivity index (χ4v) is 3.76. The molecule has 0 radical (unpaired) electrons. The van der Waals surface area contributed by atoms with E-state index < -0.39 is 17.0 Å². The van der Waals surface area contributed by atoms with Crippen molar-refractivity contribution in [1.82, 2.24) is 14.9 Å². The van der Waals surface area contributed by atoms with Gasteiger partial charge in [0.15, 0.2) is 0 Å². The normalized spacial score (nSPS) is 15.2. The summed E-state index contributed by atoms with van der Waals surface area (Å²) < 4.78 is 13.8. The van der Waals surface area contributed by atoms with Crippen LogP contribution in [0.3, 0.4) is 0 Å². The lowest BCUT2D eigenvalue weighted by Crippen LogP contribution is -2.31. The average Bonchev–Trinajstić information content (AvgIpc) is 3.00. The molecule has 2 aromatic carbocycles. The molecule has 0 unspecified atom stereocenters. The zero-order valence-electron chi connectivity index (χ0n) is 15.5. The Morgan fingerprint density at radius 3 is 2.67 bits per heavy atom. The number of nitrogens with one attached hydrogen (secondary N) is 1. The van der Waals surface area contributed by atoms with Crippen LogP contribution in [0.1, 0.15) is 12.0 Å². The van der Waals surface area contributed by atoms with Crippen molar-refractivity contribution in [2.45, 2.75) is 6.42 Å². The number of benzene rings is 2. The van der Waals surface area contributed by atoms with Crippen LogP contribution in [0.25, 0.3) is 17.1 Å². The number of hydrogen-bond donors (Lipinski definition) is 1. The first-order valence-electron chi connectivity index (χ1n) is 9.02. The summed E-state index contributed by atoms with van der Waals surface area (Å²) in [5.41, 5.74) is 2.11. The minimum Gasteiger partial charge on any atom is -0.326 e. The topological polar surface area (TPSA) is 92.3 Å². The molecule has 0 bridgehead atoms. The number of anilines is 1. The number of imide groups is 1. The molecule has 0 aliphatic carbocycles. The summed E-state index contributed by atoms with van der Waals surface area (Å²) in [7, 11) is 0. The van der Waals surface area contributed by atoms with Crippen molar-refractivity contribution in [2.75, 3.05) is 11.9 Å². The van der Waals surface area contributed by atoms with Crippen LogP contribution >= 0.6 is 11.8 Å². The Bertz CT molecular complexity index is 1200. The summed E-state index contributed by atoms with van der Waals surface area (Å²) in [6.07, 6.45) is 4.42. The number of rotatable bonds is 5. The lowest BCUT2D eigenvalue weighted by molar-refractivity contribution is -0.123. The van der Waals surface area contributed by atoms with E-state index in [0.29, 0.717) is 16.7 Å². The Balaban J connectivity index is 1.39. The van der Waals surface area contributed by atoms with E-state index in [4.69, 9.17) is 0 Å². The molecule has 3 aromatic rings. The standard InChI is InChI=1S/C21H15FN4O3S/c22-15-4-2-1-3-13(15)11-18-20(28)26(21(29)30-18)10-7-19(27)25-14-5-6-16-17(12-14)24-9-8-23-16/h1-6,8-9,11-12H,7,10H2,(H,25,27). The minimum atomic E-state index is -0.540. The van der Waals surface area contributed by atoms with Crippen molar-refractivity contribution in [1.29, 1.82) is 0 Å². The number of carbonyl (C=O) groups is 3. The molecule has 1 N–H and O–H groups in total. The van der Waals surface area contributed by atoms with Crippen LogP contribution in [0.2, 0.25) is 0 Å². The fraction of sp³-hybridized carbons (Fsp3) is 0.0952. The maximum absolute atomic E-state index is 13.8. The molecule has 0 atom stereocenters. The van der Waals surface area contributed by atoms with E-state index in [1.54, 1.807) is 42.7 Å². The predicted octanol–water partition coefficient (Wildman–Crippen LogP) is 3.83. The second kappa shape index (κ2) is 8.42. The molecule has 1 aliphatic heterocycles. The quantitative estimate of drug-likeness (QED) is 0.628. The fourth-order valence-electron chi connectivity index (χ4n) is 2.90. The van der Waals surface area contributed by atoms with Crippen LogP contribution in [0.4, 0.5) is 14.9 Å². The third-order valence-electron chi connectivity index (χ3n) is 4.38.